The van der Waals surface area contributed by atoms with Crippen LogP contribution in [0.25, 0.3) is 0 Å². The highest BCUT2D eigenvalue weighted by atomic mass is 16.1. The topological polar surface area (TPSA) is 34.1 Å². The van der Waals surface area contributed by atoms with Crippen molar-refractivity contribution in [2.24, 2.45) is 0 Å². The van der Waals surface area contributed by atoms with Crippen LogP contribution in [0.15, 0.2) is 0 Å². The lowest BCUT2D eigenvalue weighted by Crippen LogP contribution is -1.70. The fraction of sp³-hybridized carbons (Fsp3) is 0.778. The maximum absolute atomic E-state index is 9.56. The number of aldehydes is 2. The Morgan fingerprint density at radius 3 is 1.55 bits per heavy atom. The zero-order valence-electron chi connectivity index (χ0n) is 7.51. The first kappa shape index (κ1) is 13.0. The van der Waals surface area contributed by atoms with Gasteiger partial charge >= 0.3 is 0 Å². The van der Waals surface area contributed by atoms with Crippen molar-refractivity contribution < 1.29 is 9.59 Å². The minimum Gasteiger partial charge on any atom is -0.303 e. The van der Waals surface area contributed by atoms with E-state index in [4.69, 9.17) is 0 Å². The zero-order valence-corrected chi connectivity index (χ0v) is 7.51. The van der Waals surface area contributed by atoms with E-state index < -0.39 is 0 Å². The molecule has 0 aliphatic heterocycles. The lowest BCUT2D eigenvalue weighted by atomic mass is 10.3. The van der Waals surface area contributed by atoms with Crippen molar-refractivity contribution in [2.75, 3.05) is 0 Å². The average molecular weight is 158 g/mol. The first-order valence-corrected chi connectivity index (χ1v) is 4.20. The van der Waals surface area contributed by atoms with Crippen molar-refractivity contribution in [3.63, 3.8) is 0 Å². The van der Waals surface area contributed by atoms with Gasteiger partial charge in [-0.15, -0.1) is 0 Å². The summed E-state index contributed by atoms with van der Waals surface area (Å²) in [5.74, 6) is 0. The highest BCUT2D eigenvalue weighted by molar-refractivity contribution is 5.49. The van der Waals surface area contributed by atoms with Crippen molar-refractivity contribution in [1.82, 2.24) is 0 Å². The Labute approximate surface area is 69.0 Å². The summed E-state index contributed by atoms with van der Waals surface area (Å²) in [6.07, 6.45) is 6.48. The number of hydrogen-bond donors (Lipinski definition) is 0. The molecule has 0 atom stereocenters. The number of hydrogen-bond acceptors (Lipinski definition) is 2. The molecule has 0 aromatic heterocycles. The van der Waals surface area contributed by atoms with Crippen molar-refractivity contribution in [2.45, 2.75) is 46.0 Å². The molecule has 0 saturated heterocycles. The summed E-state index contributed by atoms with van der Waals surface area (Å²) in [6, 6.07) is 0. The van der Waals surface area contributed by atoms with Crippen LogP contribution in [-0.4, -0.2) is 12.6 Å². The maximum atomic E-state index is 9.56. The van der Waals surface area contributed by atoms with Gasteiger partial charge in [0.15, 0.2) is 0 Å². The highest BCUT2D eigenvalue weighted by Gasteiger charge is 1.75. The molecule has 2 heteroatoms. The standard InChI is InChI=1S/C5H10O.C4H8O/c1-2-3-4-5-6;1-2-3-4-5/h5H,2-4H2,1H3;4H,2-3H2,1H3. The van der Waals surface area contributed by atoms with Crippen molar-refractivity contribution in [3.8, 4) is 0 Å². The Balaban J connectivity index is 0. The fourth-order valence-corrected chi connectivity index (χ4v) is 0.405. The molecule has 0 amide bonds. The van der Waals surface area contributed by atoms with Gasteiger partial charge in [-0.1, -0.05) is 20.3 Å². The summed E-state index contributed by atoms with van der Waals surface area (Å²) in [6.45, 7) is 4.05. The Bertz CT molecular complexity index is 79.6. The van der Waals surface area contributed by atoms with Crippen molar-refractivity contribution in [3.05, 3.63) is 0 Å². The van der Waals surface area contributed by atoms with Gasteiger partial charge in [0.1, 0.15) is 12.6 Å². The molecular weight excluding hydrogens is 140 g/mol. The zero-order chi connectivity index (χ0) is 8.95. The van der Waals surface area contributed by atoms with Crippen LogP contribution in [0.1, 0.15) is 46.0 Å². The van der Waals surface area contributed by atoms with E-state index in [0.717, 1.165) is 38.3 Å². The molecule has 66 valence electrons. The van der Waals surface area contributed by atoms with Gasteiger partial charge in [0.2, 0.25) is 0 Å². The molecule has 0 unspecified atom stereocenters. The van der Waals surface area contributed by atoms with Gasteiger partial charge in [-0.3, -0.25) is 0 Å². The molecule has 2 nitrogen and oxygen atoms in total. The van der Waals surface area contributed by atoms with Crippen LogP contribution in [0.3, 0.4) is 0 Å². The van der Waals surface area contributed by atoms with Gasteiger partial charge in [0.05, 0.1) is 0 Å². The molecule has 0 bridgehead atoms. The van der Waals surface area contributed by atoms with E-state index in [1.54, 1.807) is 0 Å². The van der Waals surface area contributed by atoms with Crippen LogP contribution in [0.5, 0.6) is 0 Å². The van der Waals surface area contributed by atoms with E-state index in [2.05, 4.69) is 6.92 Å². The summed E-state index contributed by atoms with van der Waals surface area (Å²) in [5, 5.41) is 0. The summed E-state index contributed by atoms with van der Waals surface area (Å²) in [7, 11) is 0. The second-order valence-corrected chi connectivity index (χ2v) is 2.26. The molecule has 0 rings (SSSR count). The SMILES string of the molecule is CCCC=O.CCCCC=O. The lowest BCUT2D eigenvalue weighted by molar-refractivity contribution is -0.108. The normalized spacial score (nSPS) is 7.82. The second-order valence-electron chi connectivity index (χ2n) is 2.26. The Morgan fingerprint density at radius 2 is 1.45 bits per heavy atom. The number of rotatable bonds is 5. The van der Waals surface area contributed by atoms with Crippen molar-refractivity contribution >= 4 is 12.6 Å². The van der Waals surface area contributed by atoms with Crippen LogP contribution in [0, 0.1) is 0 Å². The number of unbranched alkanes of at least 4 members (excludes halogenated alkanes) is 3. The van der Waals surface area contributed by atoms with E-state index in [9.17, 15) is 9.59 Å². The molecule has 0 fully saturated rings. The Hall–Kier alpha value is -0.660. The summed E-state index contributed by atoms with van der Waals surface area (Å²) in [4.78, 5) is 19.0. The molecule has 0 heterocycles. The predicted octanol–water partition coefficient (Wildman–Crippen LogP) is 2.36. The third-order valence-corrected chi connectivity index (χ3v) is 1.08. The average Bonchev–Trinajstić information content (AvgIpc) is 2.04. The van der Waals surface area contributed by atoms with Crippen LogP contribution in [-0.2, 0) is 9.59 Å². The third-order valence-electron chi connectivity index (χ3n) is 1.08. The van der Waals surface area contributed by atoms with E-state index in [0.29, 0.717) is 6.42 Å². The molecule has 0 saturated carbocycles. The molecule has 0 aromatic carbocycles. The van der Waals surface area contributed by atoms with Crippen molar-refractivity contribution in [1.29, 1.82) is 0 Å². The Kier molecular flexibility index (Phi) is 19.1. The van der Waals surface area contributed by atoms with Gasteiger partial charge < -0.3 is 9.59 Å². The van der Waals surface area contributed by atoms with Crippen LogP contribution in [0.4, 0.5) is 0 Å². The predicted molar refractivity (Wildman–Crippen MR) is 46.6 cm³/mol. The summed E-state index contributed by atoms with van der Waals surface area (Å²) in [5.41, 5.74) is 0. The Morgan fingerprint density at radius 1 is 0.909 bits per heavy atom. The van der Waals surface area contributed by atoms with Crippen LogP contribution >= 0.6 is 0 Å². The first-order valence-electron chi connectivity index (χ1n) is 4.20. The molecule has 0 radical (unpaired) electrons. The lowest BCUT2D eigenvalue weighted by Gasteiger charge is -1.79. The quantitative estimate of drug-likeness (QED) is 0.454. The van der Waals surface area contributed by atoms with Crippen LogP contribution in [0.2, 0.25) is 0 Å². The molecule has 0 aliphatic carbocycles. The summed E-state index contributed by atoms with van der Waals surface area (Å²) < 4.78 is 0. The van der Waals surface area contributed by atoms with E-state index in [1.807, 2.05) is 6.92 Å². The minimum absolute atomic E-state index is 0.708. The van der Waals surface area contributed by atoms with E-state index >= 15 is 0 Å². The second kappa shape index (κ2) is 16.2. The molecular formula is C9H18O2. The van der Waals surface area contributed by atoms with Gasteiger partial charge in [0, 0.05) is 12.8 Å². The molecule has 0 spiro atoms. The smallest absolute Gasteiger partial charge is 0.119 e. The maximum Gasteiger partial charge on any atom is 0.119 e. The highest BCUT2D eigenvalue weighted by Crippen LogP contribution is 1.87. The van der Waals surface area contributed by atoms with E-state index in [1.165, 1.54) is 0 Å². The number of carbonyl (C=O) groups excluding carboxylic acids is 2. The molecule has 11 heavy (non-hydrogen) atoms. The van der Waals surface area contributed by atoms with E-state index in [-0.39, 0.29) is 0 Å². The van der Waals surface area contributed by atoms with Gasteiger partial charge in [-0.25, -0.2) is 0 Å². The largest absolute Gasteiger partial charge is 0.303 e. The summed E-state index contributed by atoms with van der Waals surface area (Å²) >= 11 is 0. The first-order chi connectivity index (χ1) is 5.33. The van der Waals surface area contributed by atoms with Gasteiger partial charge in [0.25, 0.3) is 0 Å². The fourth-order valence-electron chi connectivity index (χ4n) is 0.405. The molecule has 0 N–H and O–H groups in total. The molecule has 0 aromatic rings. The van der Waals surface area contributed by atoms with Gasteiger partial charge in [-0.05, 0) is 12.8 Å². The monoisotopic (exact) mass is 158 g/mol. The van der Waals surface area contributed by atoms with Gasteiger partial charge in [-0.2, -0.15) is 0 Å². The minimum atomic E-state index is 0.708. The molecule has 0 aliphatic rings. The van der Waals surface area contributed by atoms with Crippen LogP contribution < -0.4 is 0 Å². The number of carbonyl (C=O) groups is 2. The third kappa shape index (κ3) is 26.7.